The van der Waals surface area contributed by atoms with Crippen LogP contribution in [0.1, 0.15) is 39.0 Å². The predicted octanol–water partition coefficient (Wildman–Crippen LogP) is 2.21. The Hall–Kier alpha value is -1.08. The van der Waals surface area contributed by atoms with Crippen molar-refractivity contribution in [2.45, 2.75) is 45.1 Å². The van der Waals surface area contributed by atoms with Gasteiger partial charge in [-0.1, -0.05) is 56.2 Å². The lowest BCUT2D eigenvalue weighted by Crippen LogP contribution is -2.42. The number of fused-ring (bicyclic) bond motifs is 1. The van der Waals surface area contributed by atoms with Crippen molar-refractivity contribution in [2.24, 2.45) is 11.3 Å². The molecule has 0 saturated heterocycles. The van der Waals surface area contributed by atoms with Crippen LogP contribution >= 0.6 is 0 Å². The van der Waals surface area contributed by atoms with Gasteiger partial charge in [0, 0.05) is 0 Å². The van der Waals surface area contributed by atoms with E-state index in [9.17, 15) is 5.11 Å². The molecule has 96 valence electrons. The quantitative estimate of drug-likeness (QED) is 0.800. The summed E-state index contributed by atoms with van der Waals surface area (Å²) in [5.74, 6) is 0.427. The molecule has 0 spiro atoms. The number of rotatable bonds is 1. The van der Waals surface area contributed by atoms with Gasteiger partial charge in [-0.05, 0) is 41.0 Å². The molecular formula is C17H22O. The summed E-state index contributed by atoms with van der Waals surface area (Å²) in [6, 6.07) is 8.58. The van der Waals surface area contributed by atoms with Crippen molar-refractivity contribution in [1.29, 1.82) is 0 Å². The lowest BCUT2D eigenvalue weighted by molar-refractivity contribution is 0.0225. The van der Waals surface area contributed by atoms with Crippen LogP contribution in [0.25, 0.3) is 12.2 Å². The molecular weight excluding hydrogens is 220 g/mol. The third-order valence-electron chi connectivity index (χ3n) is 4.82. The second-order valence-corrected chi connectivity index (χ2v) is 6.15. The molecule has 3 atom stereocenters. The zero-order chi connectivity index (χ0) is 12.6. The molecule has 0 bridgehead atoms. The predicted molar refractivity (Wildman–Crippen MR) is 75.3 cm³/mol. The third-order valence-corrected chi connectivity index (χ3v) is 4.82. The fraction of sp³-hybridized carbons (Fsp3) is 0.529. The van der Waals surface area contributed by atoms with Gasteiger partial charge in [0.25, 0.3) is 0 Å². The molecule has 0 heterocycles. The Morgan fingerprint density at radius 3 is 2.61 bits per heavy atom. The lowest BCUT2D eigenvalue weighted by Gasteiger charge is -2.41. The van der Waals surface area contributed by atoms with E-state index in [1.165, 1.54) is 29.7 Å². The summed E-state index contributed by atoms with van der Waals surface area (Å²) in [7, 11) is 0. The highest BCUT2D eigenvalue weighted by atomic mass is 16.3. The van der Waals surface area contributed by atoms with Crippen molar-refractivity contribution in [3.05, 3.63) is 34.7 Å². The van der Waals surface area contributed by atoms with Gasteiger partial charge in [0.15, 0.2) is 0 Å². The standard InChI is InChI=1S/C17H22O/c1-17(15-8-4-5-9-16(15)18)11-10-13-6-2-3-7-14(13)12-17/h2-3,6-7,10,12,15-16,18H,4-5,8-9,11H2,1H3/t15?,16-,17+/m1/s1. The topological polar surface area (TPSA) is 20.2 Å². The first kappa shape index (κ1) is 12.0. The monoisotopic (exact) mass is 242 g/mol. The summed E-state index contributed by atoms with van der Waals surface area (Å²) in [6.07, 6.45) is 10.3. The minimum atomic E-state index is -0.112. The number of hydrogen-bond donors (Lipinski definition) is 1. The Bertz CT molecular complexity index is 545. The molecule has 0 amide bonds. The van der Waals surface area contributed by atoms with E-state index in [0.717, 1.165) is 12.8 Å². The summed E-state index contributed by atoms with van der Waals surface area (Å²) >= 11 is 0. The van der Waals surface area contributed by atoms with Crippen LogP contribution < -0.4 is 10.4 Å². The molecule has 1 aromatic rings. The van der Waals surface area contributed by atoms with Crippen molar-refractivity contribution in [2.75, 3.05) is 0 Å². The van der Waals surface area contributed by atoms with Gasteiger partial charge >= 0.3 is 0 Å². The second-order valence-electron chi connectivity index (χ2n) is 6.15. The highest BCUT2D eigenvalue weighted by Gasteiger charge is 2.38. The van der Waals surface area contributed by atoms with Crippen molar-refractivity contribution in [1.82, 2.24) is 0 Å². The minimum Gasteiger partial charge on any atom is -0.393 e. The van der Waals surface area contributed by atoms with Crippen LogP contribution in [-0.2, 0) is 0 Å². The first-order valence-corrected chi connectivity index (χ1v) is 7.15. The molecule has 1 nitrogen and oxygen atoms in total. The average Bonchev–Trinajstić information content (AvgIpc) is 2.39. The molecule has 0 aliphatic heterocycles. The summed E-state index contributed by atoms with van der Waals surface area (Å²) in [5, 5.41) is 13.0. The van der Waals surface area contributed by atoms with Gasteiger partial charge in [0.05, 0.1) is 6.10 Å². The van der Waals surface area contributed by atoms with Crippen LogP contribution in [0.5, 0.6) is 0 Å². The molecule has 1 N–H and O–H groups in total. The van der Waals surface area contributed by atoms with Crippen molar-refractivity contribution in [3.63, 3.8) is 0 Å². The molecule has 1 saturated carbocycles. The minimum absolute atomic E-state index is 0.112. The molecule has 0 radical (unpaired) electrons. The number of aliphatic hydroxyl groups is 1. The van der Waals surface area contributed by atoms with Crippen LogP contribution in [0.15, 0.2) is 24.3 Å². The van der Waals surface area contributed by atoms with Crippen LogP contribution in [0.2, 0.25) is 0 Å². The Balaban J connectivity index is 2.00. The van der Waals surface area contributed by atoms with Gasteiger partial charge in [-0.15, -0.1) is 0 Å². The van der Waals surface area contributed by atoms with Crippen LogP contribution in [0.3, 0.4) is 0 Å². The molecule has 3 rings (SSSR count). The van der Waals surface area contributed by atoms with E-state index in [-0.39, 0.29) is 11.5 Å². The van der Waals surface area contributed by atoms with E-state index in [1.807, 2.05) is 0 Å². The maximum Gasteiger partial charge on any atom is 0.0576 e. The van der Waals surface area contributed by atoms with Crippen molar-refractivity contribution < 1.29 is 5.11 Å². The van der Waals surface area contributed by atoms with Gasteiger partial charge in [0.1, 0.15) is 0 Å². The summed E-state index contributed by atoms with van der Waals surface area (Å²) < 4.78 is 0. The van der Waals surface area contributed by atoms with Crippen LogP contribution in [0, 0.1) is 11.3 Å². The SMILES string of the molecule is C[C@@]1(C2CCCC[C@H]2O)C=c2ccccc2=CC1. The Morgan fingerprint density at radius 2 is 1.83 bits per heavy atom. The molecule has 18 heavy (non-hydrogen) atoms. The lowest BCUT2D eigenvalue weighted by atomic mass is 9.65. The van der Waals surface area contributed by atoms with E-state index >= 15 is 0 Å². The second kappa shape index (κ2) is 4.55. The largest absolute Gasteiger partial charge is 0.393 e. The highest BCUT2D eigenvalue weighted by Crippen LogP contribution is 2.43. The van der Waals surface area contributed by atoms with E-state index in [0.29, 0.717) is 5.92 Å². The van der Waals surface area contributed by atoms with E-state index in [2.05, 4.69) is 43.3 Å². The van der Waals surface area contributed by atoms with Crippen molar-refractivity contribution >= 4 is 12.2 Å². The number of hydrogen-bond acceptors (Lipinski definition) is 1. The van der Waals surface area contributed by atoms with Crippen LogP contribution in [-0.4, -0.2) is 11.2 Å². The Kier molecular flexibility index (Phi) is 3.03. The van der Waals surface area contributed by atoms with Crippen molar-refractivity contribution in [3.8, 4) is 0 Å². The Labute approximate surface area is 109 Å². The van der Waals surface area contributed by atoms with E-state index in [4.69, 9.17) is 0 Å². The summed E-state index contributed by atoms with van der Waals surface area (Å²) in [6.45, 7) is 2.32. The molecule has 1 unspecified atom stereocenters. The molecule has 1 aromatic carbocycles. The fourth-order valence-electron chi connectivity index (χ4n) is 3.71. The Morgan fingerprint density at radius 1 is 1.11 bits per heavy atom. The molecule has 1 heteroatoms. The molecule has 1 fully saturated rings. The van der Waals surface area contributed by atoms with Gasteiger partial charge in [-0.3, -0.25) is 0 Å². The number of benzene rings is 1. The molecule has 2 aliphatic carbocycles. The van der Waals surface area contributed by atoms with Gasteiger partial charge in [-0.25, -0.2) is 0 Å². The summed E-state index contributed by atoms with van der Waals surface area (Å²) in [4.78, 5) is 0. The van der Waals surface area contributed by atoms with Gasteiger partial charge < -0.3 is 5.11 Å². The normalized spacial score (nSPS) is 35.2. The average molecular weight is 242 g/mol. The highest BCUT2D eigenvalue weighted by molar-refractivity contribution is 5.45. The van der Waals surface area contributed by atoms with E-state index in [1.54, 1.807) is 0 Å². The molecule has 2 aliphatic rings. The van der Waals surface area contributed by atoms with Gasteiger partial charge in [0.2, 0.25) is 0 Å². The fourth-order valence-corrected chi connectivity index (χ4v) is 3.71. The summed E-state index contributed by atoms with van der Waals surface area (Å²) in [5.41, 5.74) is 0.133. The first-order valence-electron chi connectivity index (χ1n) is 7.15. The zero-order valence-electron chi connectivity index (χ0n) is 11.1. The zero-order valence-corrected chi connectivity index (χ0v) is 11.1. The third kappa shape index (κ3) is 2.01. The number of aliphatic hydroxyl groups excluding tert-OH is 1. The maximum atomic E-state index is 10.3. The van der Waals surface area contributed by atoms with E-state index < -0.39 is 0 Å². The molecule has 0 aromatic heterocycles. The van der Waals surface area contributed by atoms with Crippen LogP contribution in [0.4, 0.5) is 0 Å². The smallest absolute Gasteiger partial charge is 0.0576 e. The van der Waals surface area contributed by atoms with Gasteiger partial charge in [-0.2, -0.15) is 0 Å². The first-order chi connectivity index (χ1) is 8.69. The maximum absolute atomic E-state index is 10.3.